The standard InChI is InChI=1S/C20H22F3N3O/c1-12-9-25(11-14-7-17(21)19(23)18(22)8-14)10-13(2)26(12)20(27)15-3-5-16(24)6-4-15/h3-8,12-13H,9-11,24H2,1-2H3. The van der Waals surface area contributed by atoms with E-state index in [0.717, 1.165) is 12.1 Å². The van der Waals surface area contributed by atoms with Gasteiger partial charge in [-0.25, -0.2) is 13.2 Å². The number of anilines is 1. The molecule has 0 radical (unpaired) electrons. The van der Waals surface area contributed by atoms with Crippen molar-refractivity contribution in [1.82, 2.24) is 9.80 Å². The maximum atomic E-state index is 13.4. The summed E-state index contributed by atoms with van der Waals surface area (Å²) in [5, 5.41) is 0. The van der Waals surface area contributed by atoms with Gasteiger partial charge in [0.15, 0.2) is 17.5 Å². The molecule has 3 rings (SSSR count). The minimum atomic E-state index is -1.46. The molecule has 27 heavy (non-hydrogen) atoms. The van der Waals surface area contributed by atoms with E-state index in [-0.39, 0.29) is 24.5 Å². The number of amides is 1. The van der Waals surface area contributed by atoms with Crippen LogP contribution in [0.5, 0.6) is 0 Å². The molecule has 1 amide bonds. The van der Waals surface area contributed by atoms with Gasteiger partial charge in [0.1, 0.15) is 0 Å². The molecule has 0 bridgehead atoms. The Balaban J connectivity index is 1.71. The number of nitrogens with zero attached hydrogens (tertiary/aromatic N) is 2. The van der Waals surface area contributed by atoms with Gasteiger partial charge in [0.05, 0.1) is 0 Å². The van der Waals surface area contributed by atoms with Crippen LogP contribution in [0.25, 0.3) is 0 Å². The monoisotopic (exact) mass is 377 g/mol. The fourth-order valence-corrected chi connectivity index (χ4v) is 3.69. The molecule has 1 aliphatic heterocycles. The van der Waals surface area contributed by atoms with Gasteiger partial charge in [-0.2, -0.15) is 0 Å². The SMILES string of the molecule is CC1CN(Cc2cc(F)c(F)c(F)c2)CC(C)N1C(=O)c1ccc(N)cc1. The average molecular weight is 377 g/mol. The van der Waals surface area contributed by atoms with Gasteiger partial charge >= 0.3 is 0 Å². The molecule has 2 unspecified atom stereocenters. The predicted molar refractivity (Wildman–Crippen MR) is 97.5 cm³/mol. The molecule has 7 heteroatoms. The summed E-state index contributed by atoms with van der Waals surface area (Å²) >= 11 is 0. The van der Waals surface area contributed by atoms with E-state index < -0.39 is 17.5 Å². The fraction of sp³-hybridized carbons (Fsp3) is 0.350. The van der Waals surface area contributed by atoms with Crippen molar-refractivity contribution in [3.63, 3.8) is 0 Å². The van der Waals surface area contributed by atoms with Crippen LogP contribution in [0.2, 0.25) is 0 Å². The van der Waals surface area contributed by atoms with E-state index in [1.54, 1.807) is 24.3 Å². The molecular formula is C20H22F3N3O. The molecule has 1 fully saturated rings. The number of carbonyl (C=O) groups is 1. The van der Waals surface area contributed by atoms with Gasteiger partial charge in [-0.15, -0.1) is 0 Å². The molecule has 0 aliphatic carbocycles. The average Bonchev–Trinajstić information content (AvgIpc) is 2.59. The van der Waals surface area contributed by atoms with Crippen molar-refractivity contribution in [1.29, 1.82) is 0 Å². The summed E-state index contributed by atoms with van der Waals surface area (Å²) in [5.74, 6) is -3.92. The molecule has 2 N–H and O–H groups in total. The van der Waals surface area contributed by atoms with E-state index in [9.17, 15) is 18.0 Å². The van der Waals surface area contributed by atoms with Gasteiger partial charge in [0, 0.05) is 43.0 Å². The van der Waals surface area contributed by atoms with Crippen molar-refractivity contribution in [2.75, 3.05) is 18.8 Å². The van der Waals surface area contributed by atoms with Gasteiger partial charge in [-0.3, -0.25) is 9.69 Å². The molecule has 0 saturated carbocycles. The number of carbonyl (C=O) groups excluding carboxylic acids is 1. The maximum absolute atomic E-state index is 13.4. The smallest absolute Gasteiger partial charge is 0.254 e. The molecule has 2 aromatic rings. The minimum Gasteiger partial charge on any atom is -0.399 e. The van der Waals surface area contributed by atoms with Crippen LogP contribution in [-0.2, 0) is 6.54 Å². The lowest BCUT2D eigenvalue weighted by molar-refractivity contribution is 0.0268. The van der Waals surface area contributed by atoms with Crippen molar-refractivity contribution < 1.29 is 18.0 Å². The fourth-order valence-electron chi connectivity index (χ4n) is 3.69. The zero-order valence-electron chi connectivity index (χ0n) is 15.3. The number of benzene rings is 2. The van der Waals surface area contributed by atoms with E-state index in [4.69, 9.17) is 5.73 Å². The van der Waals surface area contributed by atoms with Crippen molar-refractivity contribution in [3.8, 4) is 0 Å². The normalized spacial score (nSPS) is 20.7. The van der Waals surface area contributed by atoms with Crippen LogP contribution in [0.3, 0.4) is 0 Å². The number of piperazine rings is 1. The van der Waals surface area contributed by atoms with E-state index in [0.29, 0.717) is 29.9 Å². The topological polar surface area (TPSA) is 49.6 Å². The Bertz CT molecular complexity index is 806. The highest BCUT2D eigenvalue weighted by molar-refractivity contribution is 5.95. The summed E-state index contributed by atoms with van der Waals surface area (Å²) in [7, 11) is 0. The molecule has 2 atom stereocenters. The van der Waals surface area contributed by atoms with Crippen LogP contribution in [0, 0.1) is 17.5 Å². The first-order valence-electron chi connectivity index (χ1n) is 8.80. The molecule has 1 saturated heterocycles. The first-order chi connectivity index (χ1) is 12.8. The lowest BCUT2D eigenvalue weighted by atomic mass is 10.0. The molecule has 1 heterocycles. The van der Waals surface area contributed by atoms with Crippen molar-refractivity contribution in [2.24, 2.45) is 0 Å². The van der Waals surface area contributed by atoms with Gasteiger partial charge in [-0.1, -0.05) is 0 Å². The highest BCUT2D eigenvalue weighted by Gasteiger charge is 2.33. The molecule has 0 aromatic heterocycles. The Hall–Kier alpha value is -2.54. The first-order valence-corrected chi connectivity index (χ1v) is 8.80. The van der Waals surface area contributed by atoms with Crippen LogP contribution in [-0.4, -0.2) is 40.9 Å². The Morgan fingerprint density at radius 3 is 2.07 bits per heavy atom. The zero-order valence-corrected chi connectivity index (χ0v) is 15.3. The number of hydrogen-bond acceptors (Lipinski definition) is 3. The first kappa shape index (κ1) is 19.2. The van der Waals surface area contributed by atoms with Crippen LogP contribution < -0.4 is 5.73 Å². The largest absolute Gasteiger partial charge is 0.399 e. The quantitative estimate of drug-likeness (QED) is 0.659. The third-order valence-corrected chi connectivity index (χ3v) is 4.84. The van der Waals surface area contributed by atoms with Crippen molar-refractivity contribution in [3.05, 3.63) is 65.0 Å². The van der Waals surface area contributed by atoms with Crippen LogP contribution in [0.15, 0.2) is 36.4 Å². The van der Waals surface area contributed by atoms with Gasteiger partial charge in [0.2, 0.25) is 0 Å². The highest BCUT2D eigenvalue weighted by Crippen LogP contribution is 2.22. The van der Waals surface area contributed by atoms with Crippen LogP contribution >= 0.6 is 0 Å². The molecule has 0 spiro atoms. The second-order valence-electron chi connectivity index (χ2n) is 7.10. The van der Waals surface area contributed by atoms with Gasteiger partial charge in [0.25, 0.3) is 5.91 Å². The second-order valence-corrected chi connectivity index (χ2v) is 7.10. The summed E-state index contributed by atoms with van der Waals surface area (Å²) in [4.78, 5) is 16.7. The van der Waals surface area contributed by atoms with Crippen LogP contribution in [0.1, 0.15) is 29.8 Å². The number of nitrogens with two attached hydrogens (primary N) is 1. The minimum absolute atomic E-state index is 0.0754. The lowest BCUT2D eigenvalue weighted by Crippen LogP contribution is -2.58. The molecular weight excluding hydrogens is 355 g/mol. The molecule has 2 aromatic carbocycles. The number of nitrogen functional groups attached to an aromatic ring is 1. The Morgan fingerprint density at radius 1 is 1.04 bits per heavy atom. The number of hydrogen-bond donors (Lipinski definition) is 1. The summed E-state index contributed by atoms with van der Waals surface area (Å²) in [6, 6.07) is 8.63. The summed E-state index contributed by atoms with van der Waals surface area (Å²) < 4.78 is 40.0. The third-order valence-electron chi connectivity index (χ3n) is 4.84. The summed E-state index contributed by atoms with van der Waals surface area (Å²) in [6.07, 6.45) is 0. The summed E-state index contributed by atoms with van der Waals surface area (Å²) in [6.45, 7) is 5.25. The number of halogens is 3. The second kappa shape index (κ2) is 7.60. The van der Waals surface area contributed by atoms with E-state index >= 15 is 0 Å². The van der Waals surface area contributed by atoms with E-state index in [2.05, 4.69) is 0 Å². The highest BCUT2D eigenvalue weighted by atomic mass is 19.2. The van der Waals surface area contributed by atoms with Crippen LogP contribution in [0.4, 0.5) is 18.9 Å². The third kappa shape index (κ3) is 4.08. The van der Waals surface area contributed by atoms with Gasteiger partial charge < -0.3 is 10.6 Å². The van der Waals surface area contributed by atoms with Crippen molar-refractivity contribution >= 4 is 11.6 Å². The zero-order chi connectivity index (χ0) is 19.7. The Morgan fingerprint density at radius 2 is 1.56 bits per heavy atom. The summed E-state index contributed by atoms with van der Waals surface area (Å²) in [5.41, 5.74) is 7.20. The predicted octanol–water partition coefficient (Wildman–Crippen LogP) is 3.42. The van der Waals surface area contributed by atoms with E-state index in [1.807, 2.05) is 23.6 Å². The number of rotatable bonds is 3. The lowest BCUT2D eigenvalue weighted by Gasteiger charge is -2.44. The molecule has 1 aliphatic rings. The molecule has 4 nitrogen and oxygen atoms in total. The van der Waals surface area contributed by atoms with E-state index in [1.165, 1.54) is 0 Å². The van der Waals surface area contributed by atoms with Gasteiger partial charge in [-0.05, 0) is 55.8 Å². The Kier molecular flexibility index (Phi) is 5.41. The molecule has 144 valence electrons. The Labute approximate surface area is 156 Å². The maximum Gasteiger partial charge on any atom is 0.254 e. The van der Waals surface area contributed by atoms with Crippen molar-refractivity contribution in [2.45, 2.75) is 32.5 Å².